The zero-order chi connectivity index (χ0) is 20.5. The monoisotopic (exact) mass is 412 g/mol. The molecular formula is C19H19F3N2O3S. The van der Waals surface area contributed by atoms with Gasteiger partial charge in [0.05, 0.1) is 4.90 Å². The Morgan fingerprint density at radius 3 is 2.32 bits per heavy atom. The highest BCUT2D eigenvalue weighted by atomic mass is 32.2. The molecule has 0 aliphatic carbocycles. The maximum absolute atomic E-state index is 13.4. The lowest BCUT2D eigenvalue weighted by Gasteiger charge is -2.30. The van der Waals surface area contributed by atoms with Gasteiger partial charge in [-0.05, 0) is 61.7 Å². The van der Waals surface area contributed by atoms with Gasteiger partial charge < -0.3 is 5.32 Å². The van der Waals surface area contributed by atoms with Crippen molar-refractivity contribution in [2.45, 2.75) is 24.7 Å². The Hall–Kier alpha value is -2.39. The molecule has 1 aliphatic heterocycles. The Labute approximate surface area is 161 Å². The minimum atomic E-state index is -3.97. The van der Waals surface area contributed by atoms with Gasteiger partial charge in [0.15, 0.2) is 11.6 Å². The van der Waals surface area contributed by atoms with Gasteiger partial charge in [-0.2, -0.15) is 4.31 Å². The third kappa shape index (κ3) is 4.20. The van der Waals surface area contributed by atoms with Gasteiger partial charge in [-0.15, -0.1) is 0 Å². The van der Waals surface area contributed by atoms with Crippen LogP contribution in [0.15, 0.2) is 41.3 Å². The molecule has 9 heteroatoms. The van der Waals surface area contributed by atoms with E-state index in [4.69, 9.17) is 0 Å². The summed E-state index contributed by atoms with van der Waals surface area (Å²) in [7, 11) is -3.97. The van der Waals surface area contributed by atoms with Crippen molar-refractivity contribution in [3.63, 3.8) is 0 Å². The summed E-state index contributed by atoms with van der Waals surface area (Å²) in [6.45, 7) is 1.85. The number of carbonyl (C=O) groups is 1. The molecule has 0 saturated carbocycles. The van der Waals surface area contributed by atoms with Gasteiger partial charge in [-0.25, -0.2) is 21.6 Å². The minimum Gasteiger partial charge on any atom is -0.326 e. The van der Waals surface area contributed by atoms with Crippen molar-refractivity contribution in [3.8, 4) is 0 Å². The van der Waals surface area contributed by atoms with Crippen molar-refractivity contribution in [1.82, 2.24) is 4.31 Å². The molecule has 5 nitrogen and oxygen atoms in total. The van der Waals surface area contributed by atoms with Gasteiger partial charge in [0.25, 0.3) is 0 Å². The molecule has 0 bridgehead atoms. The largest absolute Gasteiger partial charge is 0.326 e. The van der Waals surface area contributed by atoms with Crippen molar-refractivity contribution in [3.05, 3.63) is 59.4 Å². The summed E-state index contributed by atoms with van der Waals surface area (Å²) in [6.07, 6.45) is 0.573. The Bertz CT molecular complexity index is 1000. The first-order chi connectivity index (χ1) is 13.2. The molecule has 0 aromatic heterocycles. The summed E-state index contributed by atoms with van der Waals surface area (Å²) in [5, 5.41) is 2.74. The number of hydrogen-bond acceptors (Lipinski definition) is 3. The molecular weight excluding hydrogens is 393 g/mol. The van der Waals surface area contributed by atoms with Crippen LogP contribution in [0.4, 0.5) is 18.9 Å². The van der Waals surface area contributed by atoms with Crippen LogP contribution < -0.4 is 5.32 Å². The molecule has 150 valence electrons. The first kappa shape index (κ1) is 20.3. The first-order valence-electron chi connectivity index (χ1n) is 8.70. The molecule has 1 saturated heterocycles. The molecule has 2 aromatic rings. The predicted octanol–water partition coefficient (Wildman–Crippen LogP) is 3.45. The van der Waals surface area contributed by atoms with Crippen LogP contribution >= 0.6 is 0 Å². The lowest BCUT2D eigenvalue weighted by atomic mass is 9.97. The number of sulfonamides is 1. The topological polar surface area (TPSA) is 66.5 Å². The molecule has 28 heavy (non-hydrogen) atoms. The fourth-order valence-electron chi connectivity index (χ4n) is 3.15. The highest BCUT2D eigenvalue weighted by Crippen LogP contribution is 2.26. The number of benzene rings is 2. The van der Waals surface area contributed by atoms with E-state index >= 15 is 0 Å². The van der Waals surface area contributed by atoms with Gasteiger partial charge in [-0.3, -0.25) is 4.79 Å². The average Bonchev–Trinajstić information content (AvgIpc) is 2.66. The Kier molecular flexibility index (Phi) is 5.76. The number of piperidine rings is 1. The van der Waals surface area contributed by atoms with E-state index in [0.717, 1.165) is 16.4 Å². The molecule has 0 spiro atoms. The number of nitrogens with zero attached hydrogens (tertiary/aromatic N) is 1. The number of halogens is 3. The van der Waals surface area contributed by atoms with Gasteiger partial charge >= 0.3 is 0 Å². The van der Waals surface area contributed by atoms with Crippen molar-refractivity contribution >= 4 is 21.6 Å². The van der Waals surface area contributed by atoms with Crippen LogP contribution in [-0.4, -0.2) is 31.7 Å². The maximum Gasteiger partial charge on any atom is 0.243 e. The summed E-state index contributed by atoms with van der Waals surface area (Å²) in [5.74, 6) is -3.41. The molecule has 1 fully saturated rings. The van der Waals surface area contributed by atoms with Crippen LogP contribution in [-0.2, 0) is 14.8 Å². The summed E-state index contributed by atoms with van der Waals surface area (Å²) in [5.41, 5.74) is 1.09. The smallest absolute Gasteiger partial charge is 0.243 e. The Morgan fingerprint density at radius 1 is 1.04 bits per heavy atom. The standard InChI is InChI=1S/C19H19F3N2O3S/c1-12-10-14(20)2-5-18(12)23-19(25)13-6-8-24(9-7-13)28(26,27)15-3-4-16(21)17(22)11-15/h2-5,10-11,13H,6-9H2,1H3,(H,23,25). The van der Waals surface area contributed by atoms with Crippen LogP contribution in [0.2, 0.25) is 0 Å². The second kappa shape index (κ2) is 7.92. The van der Waals surface area contributed by atoms with Crippen molar-refractivity contribution in [1.29, 1.82) is 0 Å². The van der Waals surface area contributed by atoms with Gasteiger partial charge in [0, 0.05) is 24.7 Å². The van der Waals surface area contributed by atoms with Crippen molar-refractivity contribution in [2.24, 2.45) is 5.92 Å². The number of aryl methyl sites for hydroxylation is 1. The fraction of sp³-hybridized carbons (Fsp3) is 0.316. The second-order valence-corrected chi connectivity index (χ2v) is 8.64. The van der Waals surface area contributed by atoms with E-state index in [-0.39, 0.29) is 36.7 Å². The number of hydrogen-bond donors (Lipinski definition) is 1. The Morgan fingerprint density at radius 2 is 1.71 bits per heavy atom. The summed E-state index contributed by atoms with van der Waals surface area (Å²) < 4.78 is 65.9. The number of nitrogens with one attached hydrogen (secondary N) is 1. The average molecular weight is 412 g/mol. The van der Waals surface area contributed by atoms with Crippen molar-refractivity contribution in [2.75, 3.05) is 18.4 Å². The first-order valence-corrected chi connectivity index (χ1v) is 10.1. The highest BCUT2D eigenvalue weighted by Gasteiger charge is 2.32. The lowest BCUT2D eigenvalue weighted by Crippen LogP contribution is -2.41. The van der Waals surface area contributed by atoms with Gasteiger partial charge in [0.1, 0.15) is 5.82 Å². The predicted molar refractivity (Wildman–Crippen MR) is 97.6 cm³/mol. The third-order valence-corrected chi connectivity index (χ3v) is 6.69. The molecule has 0 radical (unpaired) electrons. The molecule has 3 rings (SSSR count). The SMILES string of the molecule is Cc1cc(F)ccc1NC(=O)C1CCN(S(=O)(=O)c2ccc(F)c(F)c2)CC1. The fourth-order valence-corrected chi connectivity index (χ4v) is 4.63. The van der Waals surface area contributed by atoms with Crippen LogP contribution in [0.25, 0.3) is 0 Å². The van der Waals surface area contributed by atoms with E-state index in [0.29, 0.717) is 17.3 Å². The summed E-state index contributed by atoms with van der Waals surface area (Å²) in [6, 6.07) is 6.48. The number of rotatable bonds is 4. The minimum absolute atomic E-state index is 0.0851. The Balaban J connectivity index is 1.64. The zero-order valence-electron chi connectivity index (χ0n) is 15.1. The van der Waals surface area contributed by atoms with Gasteiger partial charge in [0.2, 0.25) is 15.9 Å². The molecule has 2 aromatic carbocycles. The van der Waals surface area contributed by atoms with E-state index < -0.39 is 33.4 Å². The highest BCUT2D eigenvalue weighted by molar-refractivity contribution is 7.89. The number of carbonyl (C=O) groups excluding carboxylic acids is 1. The summed E-state index contributed by atoms with van der Waals surface area (Å²) >= 11 is 0. The van der Waals surface area contributed by atoms with Crippen LogP contribution in [0.5, 0.6) is 0 Å². The van der Waals surface area contributed by atoms with E-state index in [1.54, 1.807) is 6.92 Å². The van der Waals surface area contributed by atoms with Crippen LogP contribution in [0.1, 0.15) is 18.4 Å². The van der Waals surface area contributed by atoms with E-state index in [1.165, 1.54) is 18.2 Å². The van der Waals surface area contributed by atoms with E-state index in [9.17, 15) is 26.4 Å². The molecule has 1 N–H and O–H groups in total. The van der Waals surface area contributed by atoms with Crippen LogP contribution in [0, 0.1) is 30.3 Å². The second-order valence-electron chi connectivity index (χ2n) is 6.70. The maximum atomic E-state index is 13.4. The van der Waals surface area contributed by atoms with E-state index in [2.05, 4.69) is 5.32 Å². The molecule has 0 unspecified atom stereocenters. The normalized spacial score (nSPS) is 16.1. The number of anilines is 1. The quantitative estimate of drug-likeness (QED) is 0.837. The molecule has 1 heterocycles. The van der Waals surface area contributed by atoms with Gasteiger partial charge in [-0.1, -0.05) is 0 Å². The number of amides is 1. The zero-order valence-corrected chi connectivity index (χ0v) is 15.9. The van der Waals surface area contributed by atoms with Crippen molar-refractivity contribution < 1.29 is 26.4 Å². The molecule has 1 aliphatic rings. The van der Waals surface area contributed by atoms with Crippen LogP contribution in [0.3, 0.4) is 0 Å². The molecule has 0 atom stereocenters. The summed E-state index contributed by atoms with van der Waals surface area (Å²) in [4.78, 5) is 12.1. The van der Waals surface area contributed by atoms with E-state index in [1.807, 2.05) is 0 Å². The molecule has 1 amide bonds. The third-order valence-electron chi connectivity index (χ3n) is 4.80. The lowest BCUT2D eigenvalue weighted by molar-refractivity contribution is -0.120.